The largest absolute Gasteiger partial charge is 0.482 e. The highest BCUT2D eigenvalue weighted by molar-refractivity contribution is 6.72. The molecule has 10 nitrogen and oxygen atoms in total. The summed E-state index contributed by atoms with van der Waals surface area (Å²) in [6.07, 6.45) is 2.18. The third-order valence-electron chi connectivity index (χ3n) is 9.82. The van der Waals surface area contributed by atoms with Crippen LogP contribution >= 0.6 is 0 Å². The van der Waals surface area contributed by atoms with Gasteiger partial charge in [-0.1, -0.05) is 60.7 Å². The lowest BCUT2D eigenvalue weighted by Crippen LogP contribution is -2.45. The maximum atomic E-state index is 16.4. The number of halogens is 1. The van der Waals surface area contributed by atoms with Crippen LogP contribution in [0.15, 0.2) is 91.6 Å². The van der Waals surface area contributed by atoms with E-state index in [2.05, 4.69) is 16.9 Å². The van der Waals surface area contributed by atoms with Gasteiger partial charge in [0.15, 0.2) is 12.2 Å². The number of hydrogen-bond donors (Lipinski definition) is 1. The zero-order valence-electron chi connectivity index (χ0n) is 27.1. The number of aryl methyl sites for hydroxylation is 1. The zero-order valence-corrected chi connectivity index (χ0v) is 28.1. The van der Waals surface area contributed by atoms with Crippen molar-refractivity contribution in [1.29, 1.82) is 0 Å². The quantitative estimate of drug-likeness (QED) is 0.136. The third-order valence-corrected chi connectivity index (χ3v) is 12.3. The highest BCUT2D eigenvalue weighted by Gasteiger charge is 2.66. The molecular formula is C36H38FN5O5Si. The summed E-state index contributed by atoms with van der Waals surface area (Å²) in [7, 11) is -3.42. The molecule has 1 spiro atoms. The number of fused-ring (bicyclic) bond motifs is 3. The number of carbonyl (C=O) groups excluding carboxylic acids is 2. The van der Waals surface area contributed by atoms with Crippen LogP contribution in [0.2, 0.25) is 18.6 Å². The molecule has 3 aliphatic rings. The molecule has 1 aromatic heterocycles. The van der Waals surface area contributed by atoms with Crippen molar-refractivity contribution >= 4 is 37.3 Å². The number of anilines is 3. The Morgan fingerprint density at radius 1 is 1.10 bits per heavy atom. The molecule has 7 rings (SSSR count). The Morgan fingerprint density at radius 2 is 1.85 bits per heavy atom. The fraction of sp³-hybridized carbons (Fsp3) is 0.333. The summed E-state index contributed by atoms with van der Waals surface area (Å²) in [5.74, 6) is -0.437. The molecule has 0 radical (unpaired) electrons. The van der Waals surface area contributed by atoms with E-state index in [9.17, 15) is 14.7 Å². The summed E-state index contributed by atoms with van der Waals surface area (Å²) < 4.78 is 30.6. The SMILES string of the molecule is C=CCN1C(=O)[C@]2(O[C@H](CCn3cc([C@H](O)c4ccccc4)nn3)[C@@H]([Si](C)(C)F)[C@@H]2C)c2cc(N3C(=O)COc4ccccc43)ccc21. The van der Waals surface area contributed by atoms with Crippen molar-refractivity contribution in [3.05, 3.63) is 108 Å². The van der Waals surface area contributed by atoms with Gasteiger partial charge in [0.2, 0.25) is 8.41 Å². The number of aliphatic hydroxyl groups excluding tert-OH is 1. The van der Waals surface area contributed by atoms with Crippen molar-refractivity contribution in [3.63, 3.8) is 0 Å². The number of benzene rings is 3. The van der Waals surface area contributed by atoms with E-state index in [0.717, 1.165) is 0 Å². The number of para-hydroxylation sites is 2. The topological polar surface area (TPSA) is 110 Å². The second-order valence-corrected chi connectivity index (χ2v) is 17.0. The molecule has 3 aliphatic heterocycles. The average Bonchev–Trinajstić information content (AvgIpc) is 3.74. The number of aromatic nitrogens is 3. The van der Waals surface area contributed by atoms with Crippen molar-refractivity contribution < 1.29 is 28.3 Å². The van der Waals surface area contributed by atoms with E-state index in [-0.39, 0.29) is 25.0 Å². The maximum absolute atomic E-state index is 16.4. The van der Waals surface area contributed by atoms with Crippen molar-refractivity contribution in [2.75, 3.05) is 23.0 Å². The molecule has 3 aromatic carbocycles. The van der Waals surface area contributed by atoms with Crippen molar-refractivity contribution in [2.24, 2.45) is 5.92 Å². The summed E-state index contributed by atoms with van der Waals surface area (Å²) >= 11 is 0. The van der Waals surface area contributed by atoms with Crippen LogP contribution < -0.4 is 14.5 Å². The number of rotatable bonds is 9. The lowest BCUT2D eigenvalue weighted by molar-refractivity contribution is -0.145. The molecule has 0 aliphatic carbocycles. The van der Waals surface area contributed by atoms with E-state index in [1.54, 1.807) is 39.8 Å². The van der Waals surface area contributed by atoms with Crippen LogP contribution in [0, 0.1) is 5.92 Å². The first-order valence-corrected chi connectivity index (χ1v) is 19.1. The predicted octanol–water partition coefficient (Wildman–Crippen LogP) is 5.81. The van der Waals surface area contributed by atoms with Gasteiger partial charge in [-0.15, -0.1) is 11.7 Å². The van der Waals surface area contributed by atoms with E-state index in [1.165, 1.54) is 0 Å². The Morgan fingerprint density at radius 3 is 2.60 bits per heavy atom. The molecule has 48 heavy (non-hydrogen) atoms. The Bertz CT molecular complexity index is 1880. The molecule has 0 bridgehead atoms. The second-order valence-electron chi connectivity index (χ2n) is 13.2. The van der Waals surface area contributed by atoms with Crippen LogP contribution in [0.5, 0.6) is 5.75 Å². The number of nitrogens with zero attached hydrogens (tertiary/aromatic N) is 5. The fourth-order valence-corrected chi connectivity index (χ4v) is 10.3. The van der Waals surface area contributed by atoms with Crippen LogP contribution in [0.1, 0.15) is 36.3 Å². The molecule has 1 fully saturated rings. The minimum atomic E-state index is -3.42. The highest BCUT2D eigenvalue weighted by Crippen LogP contribution is 2.60. The second kappa shape index (κ2) is 12.1. The van der Waals surface area contributed by atoms with Gasteiger partial charge in [-0.2, -0.15) is 0 Å². The van der Waals surface area contributed by atoms with Gasteiger partial charge >= 0.3 is 0 Å². The molecule has 0 unspecified atom stereocenters. The van der Waals surface area contributed by atoms with E-state index in [1.807, 2.05) is 79.7 Å². The third kappa shape index (κ3) is 5.15. The van der Waals surface area contributed by atoms with Gasteiger partial charge < -0.3 is 23.6 Å². The van der Waals surface area contributed by atoms with Gasteiger partial charge in [0, 0.05) is 35.8 Å². The van der Waals surface area contributed by atoms with Gasteiger partial charge in [0.1, 0.15) is 17.5 Å². The summed E-state index contributed by atoms with van der Waals surface area (Å²) in [5.41, 5.74) is 1.55. The smallest absolute Gasteiger partial charge is 0.269 e. The monoisotopic (exact) mass is 667 g/mol. The van der Waals surface area contributed by atoms with Crippen molar-refractivity contribution in [3.8, 4) is 5.75 Å². The molecule has 4 aromatic rings. The van der Waals surface area contributed by atoms with Crippen molar-refractivity contribution in [1.82, 2.24) is 15.0 Å². The Balaban J connectivity index is 1.24. The van der Waals surface area contributed by atoms with Crippen LogP contribution in [0.25, 0.3) is 0 Å². The molecule has 12 heteroatoms. The van der Waals surface area contributed by atoms with Gasteiger partial charge in [-0.05, 0) is 55.4 Å². The Kier molecular flexibility index (Phi) is 8.05. The first-order chi connectivity index (χ1) is 23.0. The molecular weight excluding hydrogens is 630 g/mol. The van der Waals surface area contributed by atoms with Crippen molar-refractivity contribution in [2.45, 2.75) is 56.3 Å². The first-order valence-electron chi connectivity index (χ1n) is 16.2. The van der Waals surface area contributed by atoms with E-state index in [0.29, 0.717) is 52.6 Å². The van der Waals surface area contributed by atoms with Gasteiger partial charge in [0.25, 0.3) is 11.8 Å². The summed E-state index contributed by atoms with van der Waals surface area (Å²) in [6, 6.07) is 22.0. The molecule has 1 N–H and O–H groups in total. The Hall–Kier alpha value is -4.65. The zero-order chi connectivity index (χ0) is 33.8. The van der Waals surface area contributed by atoms with Gasteiger partial charge in [-0.25, -0.2) is 0 Å². The van der Waals surface area contributed by atoms with E-state index < -0.39 is 37.7 Å². The van der Waals surface area contributed by atoms with Gasteiger partial charge in [0.05, 0.1) is 23.7 Å². The highest BCUT2D eigenvalue weighted by atomic mass is 28.4. The standard InChI is InChI=1S/C36H38FN5O5Si/c1-5-18-41-28-16-15-25(42-29-13-9-10-14-30(29)46-22-32(42)43)20-26(28)36(35(41)45)23(2)34(48(3,4)37)31(47-36)17-19-40-21-27(38-39-40)33(44)24-11-7-6-8-12-24/h5-16,20-21,23,31,33-34,44H,1,17-19,22H2,2-4H3/t23-,31+,33+,34-,36+/m0/s1. The molecule has 1 saturated heterocycles. The van der Waals surface area contributed by atoms with Crippen LogP contribution in [0.3, 0.4) is 0 Å². The molecule has 0 saturated carbocycles. The number of aliphatic hydroxyl groups is 1. The summed E-state index contributed by atoms with van der Waals surface area (Å²) in [6.45, 7) is 9.58. The molecule has 2 amide bonds. The van der Waals surface area contributed by atoms with Crippen LogP contribution in [0.4, 0.5) is 21.2 Å². The normalized spacial score (nSPS) is 24.1. The number of carbonyl (C=O) groups is 2. The minimum Gasteiger partial charge on any atom is -0.482 e. The predicted molar refractivity (Wildman–Crippen MR) is 181 cm³/mol. The Labute approximate surface area is 279 Å². The lowest BCUT2D eigenvalue weighted by Gasteiger charge is -2.32. The number of hydrogen-bond acceptors (Lipinski definition) is 7. The summed E-state index contributed by atoms with van der Waals surface area (Å²) in [4.78, 5) is 31.0. The molecule has 248 valence electrons. The molecule has 4 heterocycles. The van der Waals surface area contributed by atoms with Gasteiger partial charge in [-0.3, -0.25) is 19.2 Å². The summed E-state index contributed by atoms with van der Waals surface area (Å²) in [5, 5.41) is 19.2. The number of amides is 2. The van der Waals surface area contributed by atoms with Crippen LogP contribution in [-0.2, 0) is 26.5 Å². The minimum absolute atomic E-state index is 0.119. The van der Waals surface area contributed by atoms with E-state index >= 15 is 4.11 Å². The first kappa shape index (κ1) is 31.9. The lowest BCUT2D eigenvalue weighted by atomic mass is 9.82. The fourth-order valence-electron chi connectivity index (χ4n) is 7.75. The number of ether oxygens (including phenoxy) is 2. The van der Waals surface area contributed by atoms with E-state index in [4.69, 9.17) is 9.47 Å². The molecule has 5 atom stereocenters. The van der Waals surface area contributed by atoms with Crippen LogP contribution in [-0.4, -0.2) is 59.6 Å². The average molecular weight is 668 g/mol. The maximum Gasteiger partial charge on any atom is 0.269 e.